The molecular formula is C8H8N2O2. The van der Waals surface area contributed by atoms with Crippen molar-refractivity contribution in [3.05, 3.63) is 18.2 Å². The van der Waals surface area contributed by atoms with E-state index in [4.69, 9.17) is 9.15 Å². The molecule has 0 aromatic carbocycles. The highest BCUT2D eigenvalue weighted by Gasteiger charge is 2.07. The summed E-state index contributed by atoms with van der Waals surface area (Å²) in [7, 11) is 1.58. The molecule has 2 rings (SSSR count). The number of furan rings is 1. The van der Waals surface area contributed by atoms with Gasteiger partial charge in [0, 0.05) is 0 Å². The number of ether oxygens (including phenoxy) is 1. The van der Waals surface area contributed by atoms with Crippen LogP contribution >= 0.6 is 0 Å². The average Bonchev–Trinajstić information content (AvgIpc) is 2.50. The van der Waals surface area contributed by atoms with Gasteiger partial charge in [-0.15, -0.1) is 0 Å². The lowest BCUT2D eigenvalue weighted by atomic mass is 10.4. The molecule has 12 heavy (non-hydrogen) atoms. The molecule has 0 bridgehead atoms. The molecule has 0 amide bonds. The van der Waals surface area contributed by atoms with Crippen LogP contribution in [0, 0.1) is 6.92 Å². The van der Waals surface area contributed by atoms with E-state index in [1.54, 1.807) is 26.4 Å². The SMILES string of the molecule is COc1nc(C)nc2occc12. The van der Waals surface area contributed by atoms with Crippen LogP contribution in [0.2, 0.25) is 0 Å². The normalized spacial score (nSPS) is 10.5. The molecule has 0 saturated heterocycles. The van der Waals surface area contributed by atoms with Gasteiger partial charge in [0.2, 0.25) is 11.6 Å². The Morgan fingerprint density at radius 2 is 2.25 bits per heavy atom. The van der Waals surface area contributed by atoms with Crippen LogP contribution in [0.3, 0.4) is 0 Å². The second kappa shape index (κ2) is 2.48. The molecule has 0 aliphatic carbocycles. The predicted molar refractivity (Wildman–Crippen MR) is 43.1 cm³/mol. The van der Waals surface area contributed by atoms with E-state index < -0.39 is 0 Å². The Hall–Kier alpha value is -1.58. The Bertz CT molecular complexity index is 408. The Balaban J connectivity index is 2.80. The molecule has 0 spiro atoms. The minimum Gasteiger partial charge on any atom is -0.480 e. The van der Waals surface area contributed by atoms with Gasteiger partial charge in [-0.05, 0) is 13.0 Å². The summed E-state index contributed by atoms with van der Waals surface area (Å²) in [6, 6.07) is 1.79. The highest BCUT2D eigenvalue weighted by molar-refractivity contribution is 5.78. The van der Waals surface area contributed by atoms with E-state index in [9.17, 15) is 0 Å². The van der Waals surface area contributed by atoms with Crippen molar-refractivity contribution in [2.24, 2.45) is 0 Å². The van der Waals surface area contributed by atoms with Crippen LogP contribution in [0.4, 0.5) is 0 Å². The molecule has 4 nitrogen and oxygen atoms in total. The van der Waals surface area contributed by atoms with Crippen molar-refractivity contribution < 1.29 is 9.15 Å². The summed E-state index contributed by atoms with van der Waals surface area (Å²) in [6.07, 6.45) is 1.57. The fraction of sp³-hybridized carbons (Fsp3) is 0.250. The summed E-state index contributed by atoms with van der Waals surface area (Å²) in [5.41, 5.74) is 0.569. The second-order valence-corrected chi connectivity index (χ2v) is 2.42. The summed E-state index contributed by atoms with van der Waals surface area (Å²) < 4.78 is 10.2. The predicted octanol–water partition coefficient (Wildman–Crippen LogP) is 1.54. The molecule has 0 N–H and O–H groups in total. The Labute approximate surface area is 69.2 Å². The van der Waals surface area contributed by atoms with E-state index in [0.717, 1.165) is 5.39 Å². The lowest BCUT2D eigenvalue weighted by molar-refractivity contribution is 0.401. The van der Waals surface area contributed by atoms with Crippen LogP contribution in [-0.2, 0) is 0 Å². The first-order chi connectivity index (χ1) is 5.81. The van der Waals surface area contributed by atoms with E-state index >= 15 is 0 Å². The van der Waals surface area contributed by atoms with E-state index in [2.05, 4.69) is 9.97 Å². The van der Waals surface area contributed by atoms with Crippen LogP contribution in [0.1, 0.15) is 5.82 Å². The fourth-order valence-corrected chi connectivity index (χ4v) is 1.09. The molecule has 0 saturated carbocycles. The van der Waals surface area contributed by atoms with Crippen molar-refractivity contribution in [2.45, 2.75) is 6.92 Å². The standard InChI is InChI=1S/C8H8N2O2/c1-5-9-7(11-2)6-3-4-12-8(6)10-5/h3-4H,1-2H3. The van der Waals surface area contributed by atoms with Gasteiger partial charge in [-0.3, -0.25) is 0 Å². The van der Waals surface area contributed by atoms with Gasteiger partial charge in [-0.2, -0.15) is 9.97 Å². The smallest absolute Gasteiger partial charge is 0.233 e. The van der Waals surface area contributed by atoms with E-state index in [-0.39, 0.29) is 0 Å². The molecule has 2 aromatic heterocycles. The van der Waals surface area contributed by atoms with Crippen LogP contribution in [0.25, 0.3) is 11.1 Å². The van der Waals surface area contributed by atoms with E-state index in [1.807, 2.05) is 0 Å². The minimum atomic E-state index is 0.561. The molecule has 2 heterocycles. The van der Waals surface area contributed by atoms with Crippen molar-refractivity contribution in [2.75, 3.05) is 7.11 Å². The average molecular weight is 164 g/mol. The molecular weight excluding hydrogens is 156 g/mol. The van der Waals surface area contributed by atoms with Crippen molar-refractivity contribution in [1.29, 1.82) is 0 Å². The molecule has 2 aromatic rings. The van der Waals surface area contributed by atoms with Gasteiger partial charge in [-0.1, -0.05) is 0 Å². The first kappa shape index (κ1) is 7.09. The maximum Gasteiger partial charge on any atom is 0.233 e. The third-order valence-corrected chi connectivity index (χ3v) is 1.60. The molecule has 0 fully saturated rings. The molecule has 0 unspecified atom stereocenters. The lowest BCUT2D eigenvalue weighted by Gasteiger charge is -1.99. The number of rotatable bonds is 1. The molecule has 0 radical (unpaired) electrons. The van der Waals surface area contributed by atoms with Gasteiger partial charge in [0.15, 0.2) is 0 Å². The zero-order chi connectivity index (χ0) is 8.55. The van der Waals surface area contributed by atoms with Gasteiger partial charge < -0.3 is 9.15 Å². The lowest BCUT2D eigenvalue weighted by Crippen LogP contribution is -1.92. The quantitative estimate of drug-likeness (QED) is 0.641. The monoisotopic (exact) mass is 164 g/mol. The summed E-state index contributed by atoms with van der Waals surface area (Å²) in [6.45, 7) is 1.80. The number of aryl methyl sites for hydroxylation is 1. The summed E-state index contributed by atoms with van der Waals surface area (Å²) in [4.78, 5) is 8.19. The van der Waals surface area contributed by atoms with Crippen molar-refractivity contribution >= 4 is 11.1 Å². The molecule has 0 aliphatic rings. The van der Waals surface area contributed by atoms with Crippen LogP contribution in [0.5, 0.6) is 5.88 Å². The number of fused-ring (bicyclic) bond motifs is 1. The molecule has 0 atom stereocenters. The van der Waals surface area contributed by atoms with Crippen LogP contribution < -0.4 is 4.74 Å². The van der Waals surface area contributed by atoms with Gasteiger partial charge >= 0.3 is 0 Å². The van der Waals surface area contributed by atoms with Crippen LogP contribution in [-0.4, -0.2) is 17.1 Å². The van der Waals surface area contributed by atoms with Crippen molar-refractivity contribution in [3.8, 4) is 5.88 Å². The highest BCUT2D eigenvalue weighted by atomic mass is 16.5. The molecule has 62 valence electrons. The highest BCUT2D eigenvalue weighted by Crippen LogP contribution is 2.22. The Morgan fingerprint density at radius 1 is 1.42 bits per heavy atom. The summed E-state index contributed by atoms with van der Waals surface area (Å²) >= 11 is 0. The Kier molecular flexibility index (Phi) is 1.46. The first-order valence-electron chi connectivity index (χ1n) is 3.57. The zero-order valence-electron chi connectivity index (χ0n) is 6.87. The third-order valence-electron chi connectivity index (χ3n) is 1.60. The minimum absolute atomic E-state index is 0.561. The number of aromatic nitrogens is 2. The first-order valence-corrected chi connectivity index (χ1v) is 3.57. The summed E-state index contributed by atoms with van der Waals surface area (Å²) in [5.74, 6) is 1.21. The zero-order valence-corrected chi connectivity index (χ0v) is 6.87. The van der Waals surface area contributed by atoms with Crippen LogP contribution in [0.15, 0.2) is 16.7 Å². The van der Waals surface area contributed by atoms with Crippen molar-refractivity contribution in [1.82, 2.24) is 9.97 Å². The second-order valence-electron chi connectivity index (χ2n) is 2.42. The van der Waals surface area contributed by atoms with Gasteiger partial charge in [0.25, 0.3) is 0 Å². The van der Waals surface area contributed by atoms with E-state index in [0.29, 0.717) is 17.4 Å². The topological polar surface area (TPSA) is 48.2 Å². The van der Waals surface area contributed by atoms with Gasteiger partial charge in [0.05, 0.1) is 13.4 Å². The number of hydrogen-bond acceptors (Lipinski definition) is 4. The Morgan fingerprint density at radius 3 is 3.00 bits per heavy atom. The number of hydrogen-bond donors (Lipinski definition) is 0. The summed E-state index contributed by atoms with van der Waals surface area (Å²) in [5, 5.41) is 0.808. The maximum atomic E-state index is 5.11. The maximum absolute atomic E-state index is 5.11. The molecule has 0 aliphatic heterocycles. The fourth-order valence-electron chi connectivity index (χ4n) is 1.09. The number of methoxy groups -OCH3 is 1. The van der Waals surface area contributed by atoms with Gasteiger partial charge in [-0.25, -0.2) is 0 Å². The largest absolute Gasteiger partial charge is 0.480 e. The van der Waals surface area contributed by atoms with Crippen molar-refractivity contribution in [3.63, 3.8) is 0 Å². The van der Waals surface area contributed by atoms with E-state index in [1.165, 1.54) is 0 Å². The molecule has 4 heteroatoms. The number of nitrogens with zero attached hydrogens (tertiary/aromatic N) is 2. The van der Waals surface area contributed by atoms with Gasteiger partial charge in [0.1, 0.15) is 11.2 Å². The third kappa shape index (κ3) is 0.922.